The zero-order valence-electron chi connectivity index (χ0n) is 33.7. The molecule has 52 heavy (non-hydrogen) atoms. The zero-order chi connectivity index (χ0) is 38.2. The van der Waals surface area contributed by atoms with E-state index in [1.54, 1.807) is 0 Å². The summed E-state index contributed by atoms with van der Waals surface area (Å²) >= 11 is 0. The van der Waals surface area contributed by atoms with Crippen molar-refractivity contribution in [3.05, 3.63) is 24.3 Å². The van der Waals surface area contributed by atoms with Crippen LogP contribution in [0.25, 0.3) is 0 Å². The summed E-state index contributed by atoms with van der Waals surface area (Å²) in [5.74, 6) is -0.890. The molecule has 2 N–H and O–H groups in total. The van der Waals surface area contributed by atoms with E-state index in [1.807, 2.05) is 0 Å². The first-order chi connectivity index (χ1) is 25.3. The van der Waals surface area contributed by atoms with Crippen LogP contribution < -0.4 is 0 Å². The SMILES string of the molecule is CCCCCCCC/C=C/CCCCCCCCCCCC(=O)O[C@H](COC(=O)CCCCCCC/C=C/CCCCCCCC)COP(=O)(O)O. The third-order valence-electron chi connectivity index (χ3n) is 9.44. The number of ether oxygens (including phenoxy) is 2. The van der Waals surface area contributed by atoms with Gasteiger partial charge in [0.25, 0.3) is 0 Å². The maximum atomic E-state index is 12.4. The van der Waals surface area contributed by atoms with E-state index in [1.165, 1.54) is 128 Å². The number of unbranched alkanes of at least 4 members (excludes halogenated alkanes) is 26. The lowest BCUT2D eigenvalue weighted by molar-refractivity contribution is -0.161. The number of phosphoric ester groups is 1. The molecule has 0 aromatic heterocycles. The summed E-state index contributed by atoms with van der Waals surface area (Å²) in [7, 11) is -4.75. The van der Waals surface area contributed by atoms with Crippen LogP contribution in [-0.4, -0.2) is 41.0 Å². The third-order valence-corrected chi connectivity index (χ3v) is 9.93. The first-order valence-electron chi connectivity index (χ1n) is 21.6. The largest absolute Gasteiger partial charge is 0.469 e. The summed E-state index contributed by atoms with van der Waals surface area (Å²) in [6.45, 7) is 3.68. The lowest BCUT2D eigenvalue weighted by atomic mass is 10.1. The molecule has 0 saturated carbocycles. The second-order valence-corrected chi connectivity index (χ2v) is 15.9. The molecule has 0 aliphatic heterocycles. The van der Waals surface area contributed by atoms with E-state index in [2.05, 4.69) is 42.7 Å². The van der Waals surface area contributed by atoms with Gasteiger partial charge in [0.15, 0.2) is 6.10 Å². The molecule has 0 spiro atoms. The minimum atomic E-state index is -4.75. The fraction of sp³-hybridized carbons (Fsp3) is 0.860. The van der Waals surface area contributed by atoms with Crippen molar-refractivity contribution in [2.75, 3.05) is 13.2 Å². The molecule has 8 nitrogen and oxygen atoms in total. The number of hydrogen-bond acceptors (Lipinski definition) is 6. The summed E-state index contributed by atoms with van der Waals surface area (Å²) in [5, 5.41) is 0. The van der Waals surface area contributed by atoms with E-state index >= 15 is 0 Å². The number of phosphoric acid groups is 1. The van der Waals surface area contributed by atoms with Gasteiger partial charge in [-0.1, -0.05) is 167 Å². The highest BCUT2D eigenvalue weighted by Crippen LogP contribution is 2.36. The van der Waals surface area contributed by atoms with E-state index < -0.39 is 32.5 Å². The number of allylic oxidation sites excluding steroid dienone is 4. The molecule has 0 aromatic rings. The van der Waals surface area contributed by atoms with Gasteiger partial charge in [0.1, 0.15) is 6.61 Å². The van der Waals surface area contributed by atoms with Crippen molar-refractivity contribution in [1.29, 1.82) is 0 Å². The average molecular weight is 757 g/mol. The van der Waals surface area contributed by atoms with Crippen molar-refractivity contribution in [3.8, 4) is 0 Å². The minimum Gasteiger partial charge on any atom is -0.462 e. The van der Waals surface area contributed by atoms with Crippen molar-refractivity contribution in [1.82, 2.24) is 0 Å². The number of rotatable bonds is 40. The second kappa shape index (κ2) is 39.2. The van der Waals surface area contributed by atoms with Crippen LogP contribution in [0.5, 0.6) is 0 Å². The summed E-state index contributed by atoms with van der Waals surface area (Å²) in [5.41, 5.74) is 0. The smallest absolute Gasteiger partial charge is 0.462 e. The number of esters is 2. The Bertz CT molecular complexity index is 900. The molecule has 0 fully saturated rings. The van der Waals surface area contributed by atoms with Gasteiger partial charge in [-0.25, -0.2) is 4.57 Å². The van der Waals surface area contributed by atoms with E-state index in [-0.39, 0.29) is 19.4 Å². The molecule has 0 aliphatic rings. The van der Waals surface area contributed by atoms with Gasteiger partial charge in [-0.2, -0.15) is 0 Å². The Morgan fingerprint density at radius 1 is 0.481 bits per heavy atom. The molecule has 306 valence electrons. The van der Waals surface area contributed by atoms with E-state index in [0.29, 0.717) is 12.8 Å². The van der Waals surface area contributed by atoms with Gasteiger partial charge in [-0.15, -0.1) is 0 Å². The summed E-state index contributed by atoms with van der Waals surface area (Å²) in [4.78, 5) is 42.9. The van der Waals surface area contributed by atoms with Crippen molar-refractivity contribution in [3.63, 3.8) is 0 Å². The molecule has 1 atom stereocenters. The van der Waals surface area contributed by atoms with E-state index in [0.717, 1.165) is 51.4 Å². The number of hydrogen-bond donors (Lipinski definition) is 2. The molecule has 0 rings (SSSR count). The maximum absolute atomic E-state index is 12.4. The van der Waals surface area contributed by atoms with E-state index in [4.69, 9.17) is 19.3 Å². The highest BCUT2D eigenvalue weighted by molar-refractivity contribution is 7.46. The molecule has 9 heteroatoms. The average Bonchev–Trinajstić information content (AvgIpc) is 3.11. The van der Waals surface area contributed by atoms with Crippen LogP contribution in [0.2, 0.25) is 0 Å². The molecule has 0 aliphatic carbocycles. The Balaban J connectivity index is 3.89. The zero-order valence-corrected chi connectivity index (χ0v) is 34.6. The molecule has 0 aromatic carbocycles. The molecule has 0 saturated heterocycles. The summed E-state index contributed by atoms with van der Waals surface area (Å²) in [6.07, 6.45) is 44.7. The predicted octanol–water partition coefficient (Wildman–Crippen LogP) is 13.2. The Hall–Kier alpha value is -1.47. The predicted molar refractivity (Wildman–Crippen MR) is 216 cm³/mol. The van der Waals surface area contributed by atoms with Crippen LogP contribution in [0.3, 0.4) is 0 Å². The van der Waals surface area contributed by atoms with Crippen molar-refractivity contribution < 1.29 is 37.9 Å². The summed E-state index contributed by atoms with van der Waals surface area (Å²) < 4.78 is 26.4. The first kappa shape index (κ1) is 50.5. The van der Waals surface area contributed by atoms with Crippen LogP contribution in [0.15, 0.2) is 24.3 Å². The van der Waals surface area contributed by atoms with Crippen molar-refractivity contribution >= 4 is 19.8 Å². The van der Waals surface area contributed by atoms with Crippen molar-refractivity contribution in [2.24, 2.45) is 0 Å². The quantitative estimate of drug-likeness (QED) is 0.0274. The van der Waals surface area contributed by atoms with Crippen LogP contribution in [-0.2, 0) is 28.2 Å². The fourth-order valence-corrected chi connectivity index (χ4v) is 6.55. The fourth-order valence-electron chi connectivity index (χ4n) is 6.19. The number of carbonyl (C=O) groups is 2. The van der Waals surface area contributed by atoms with E-state index in [9.17, 15) is 14.2 Å². The van der Waals surface area contributed by atoms with Gasteiger partial charge in [-0.3, -0.25) is 14.1 Å². The maximum Gasteiger partial charge on any atom is 0.469 e. The lowest BCUT2D eigenvalue weighted by Crippen LogP contribution is -2.29. The Kier molecular flexibility index (Phi) is 38.1. The molecule has 0 radical (unpaired) electrons. The Labute approximate surface area is 319 Å². The van der Waals surface area contributed by atoms with Crippen LogP contribution in [0, 0.1) is 0 Å². The minimum absolute atomic E-state index is 0.210. The standard InChI is InChI=1S/C43H81O8P/c1-3-5-7-9-11-13-15-17-19-20-21-22-24-26-28-30-32-34-36-38-43(45)51-41(40-50-52(46,47)48)39-49-42(44)37-35-33-31-29-27-25-23-18-16-14-12-10-8-6-4-2/h17-19,23,41H,3-16,20-22,24-40H2,1-2H3,(H2,46,47,48)/b19-17+,23-18+/t41-/m1/s1. The van der Waals surface area contributed by atoms with Gasteiger partial charge in [0.05, 0.1) is 6.61 Å². The molecule has 0 amide bonds. The Morgan fingerprint density at radius 2 is 0.808 bits per heavy atom. The Morgan fingerprint density at radius 3 is 1.17 bits per heavy atom. The van der Waals surface area contributed by atoms with Gasteiger partial charge in [-0.05, 0) is 64.2 Å². The normalized spacial score (nSPS) is 12.6. The van der Waals surface area contributed by atoms with Gasteiger partial charge in [0, 0.05) is 12.8 Å². The highest BCUT2D eigenvalue weighted by Gasteiger charge is 2.22. The molecular weight excluding hydrogens is 675 g/mol. The van der Waals surface area contributed by atoms with Gasteiger partial charge >= 0.3 is 19.8 Å². The molecule has 0 bridgehead atoms. The monoisotopic (exact) mass is 757 g/mol. The highest BCUT2D eigenvalue weighted by atomic mass is 31.2. The first-order valence-corrected chi connectivity index (χ1v) is 23.2. The topological polar surface area (TPSA) is 119 Å². The molecule has 0 heterocycles. The third kappa shape index (κ3) is 41.3. The van der Waals surface area contributed by atoms with Crippen LogP contribution in [0.1, 0.15) is 219 Å². The van der Waals surface area contributed by atoms with Crippen LogP contribution in [0.4, 0.5) is 0 Å². The number of carbonyl (C=O) groups excluding carboxylic acids is 2. The second-order valence-electron chi connectivity index (χ2n) is 14.7. The molecule has 0 unspecified atom stereocenters. The lowest BCUT2D eigenvalue weighted by Gasteiger charge is -2.18. The van der Waals surface area contributed by atoms with Gasteiger partial charge < -0.3 is 19.3 Å². The van der Waals surface area contributed by atoms with Crippen molar-refractivity contribution in [2.45, 2.75) is 225 Å². The van der Waals surface area contributed by atoms with Gasteiger partial charge in [0.2, 0.25) is 0 Å². The molecular formula is C43H81O8P. The van der Waals surface area contributed by atoms with Crippen LogP contribution >= 0.6 is 7.82 Å². The summed E-state index contributed by atoms with van der Waals surface area (Å²) in [6, 6.07) is 0.